The highest BCUT2D eigenvalue weighted by molar-refractivity contribution is 7.08. The van der Waals surface area contributed by atoms with E-state index in [0.717, 1.165) is 25.7 Å². The SMILES string of the molecule is CC[C@@H]1C[C@H]1NC(=O)c1cscc1C(=O)N[C@@H]1C[C@H]1CC. The minimum atomic E-state index is -0.106. The molecule has 1 heterocycles. The van der Waals surface area contributed by atoms with Gasteiger partial charge in [0.25, 0.3) is 11.8 Å². The molecule has 0 saturated heterocycles. The van der Waals surface area contributed by atoms with E-state index < -0.39 is 0 Å². The van der Waals surface area contributed by atoms with Crippen LogP contribution in [0.5, 0.6) is 0 Å². The maximum Gasteiger partial charge on any atom is 0.253 e. The Kier molecular flexibility index (Phi) is 4.02. The summed E-state index contributed by atoms with van der Waals surface area (Å²) >= 11 is 1.41. The summed E-state index contributed by atoms with van der Waals surface area (Å²) in [5.74, 6) is 1.01. The topological polar surface area (TPSA) is 58.2 Å². The predicted octanol–water partition coefficient (Wildman–Crippen LogP) is 2.80. The van der Waals surface area contributed by atoms with Crippen molar-refractivity contribution in [3.63, 3.8) is 0 Å². The smallest absolute Gasteiger partial charge is 0.253 e. The van der Waals surface area contributed by atoms with Crippen LogP contribution in [0.1, 0.15) is 60.2 Å². The zero-order valence-corrected chi connectivity index (χ0v) is 13.3. The third kappa shape index (κ3) is 3.12. The molecule has 2 N–H and O–H groups in total. The van der Waals surface area contributed by atoms with Crippen LogP contribution in [0.25, 0.3) is 0 Å². The van der Waals surface area contributed by atoms with Crippen molar-refractivity contribution in [2.24, 2.45) is 11.8 Å². The zero-order valence-electron chi connectivity index (χ0n) is 12.5. The van der Waals surface area contributed by atoms with Crippen molar-refractivity contribution in [2.75, 3.05) is 0 Å². The Hall–Kier alpha value is -1.36. The predicted molar refractivity (Wildman–Crippen MR) is 83.6 cm³/mol. The van der Waals surface area contributed by atoms with E-state index in [1.807, 2.05) is 0 Å². The second-order valence-electron chi connectivity index (χ2n) is 6.17. The van der Waals surface area contributed by atoms with Crippen LogP contribution in [0.3, 0.4) is 0 Å². The van der Waals surface area contributed by atoms with Crippen LogP contribution in [-0.4, -0.2) is 23.9 Å². The lowest BCUT2D eigenvalue weighted by Gasteiger charge is -2.07. The Bertz CT molecular complexity index is 508. The Labute approximate surface area is 129 Å². The first-order chi connectivity index (χ1) is 10.1. The first-order valence-electron chi connectivity index (χ1n) is 7.81. The van der Waals surface area contributed by atoms with Gasteiger partial charge in [-0.3, -0.25) is 9.59 Å². The average Bonchev–Trinajstić information content (AvgIpc) is 3.35. The number of hydrogen-bond acceptors (Lipinski definition) is 3. The third-order valence-electron chi connectivity index (χ3n) is 4.68. The number of rotatable bonds is 6. The van der Waals surface area contributed by atoms with Gasteiger partial charge in [-0.05, 0) is 24.7 Å². The lowest BCUT2D eigenvalue weighted by molar-refractivity contribution is 0.0915. The van der Waals surface area contributed by atoms with Gasteiger partial charge in [-0.1, -0.05) is 26.7 Å². The van der Waals surface area contributed by atoms with Gasteiger partial charge < -0.3 is 10.6 Å². The number of hydrogen-bond donors (Lipinski definition) is 2. The van der Waals surface area contributed by atoms with E-state index in [2.05, 4.69) is 24.5 Å². The molecule has 0 unspecified atom stereocenters. The fourth-order valence-corrected chi connectivity index (χ4v) is 3.70. The molecule has 2 fully saturated rings. The van der Waals surface area contributed by atoms with Gasteiger partial charge in [0.2, 0.25) is 0 Å². The first kappa shape index (κ1) is 14.6. The summed E-state index contributed by atoms with van der Waals surface area (Å²) in [5, 5.41) is 9.61. The lowest BCUT2D eigenvalue weighted by Crippen LogP contribution is -2.31. The minimum absolute atomic E-state index is 0.106. The average molecular weight is 306 g/mol. The Morgan fingerprint density at radius 1 is 1.00 bits per heavy atom. The monoisotopic (exact) mass is 306 g/mol. The molecule has 4 atom stereocenters. The van der Waals surface area contributed by atoms with Crippen LogP contribution in [0, 0.1) is 11.8 Å². The van der Waals surface area contributed by atoms with E-state index in [9.17, 15) is 9.59 Å². The van der Waals surface area contributed by atoms with Crippen LogP contribution in [0.4, 0.5) is 0 Å². The Morgan fingerprint density at radius 3 is 1.76 bits per heavy atom. The van der Waals surface area contributed by atoms with Crippen LogP contribution < -0.4 is 10.6 Å². The van der Waals surface area contributed by atoms with Crippen LogP contribution in [-0.2, 0) is 0 Å². The van der Waals surface area contributed by atoms with E-state index in [1.165, 1.54) is 11.3 Å². The molecule has 2 amide bonds. The summed E-state index contributed by atoms with van der Waals surface area (Å²) in [4.78, 5) is 24.6. The highest BCUT2D eigenvalue weighted by Gasteiger charge is 2.39. The molecular formula is C16H22N2O2S. The second-order valence-corrected chi connectivity index (χ2v) is 6.91. The molecule has 0 spiro atoms. The van der Waals surface area contributed by atoms with E-state index in [-0.39, 0.29) is 11.8 Å². The largest absolute Gasteiger partial charge is 0.349 e. The number of thiophene rings is 1. The zero-order chi connectivity index (χ0) is 15.0. The molecule has 2 saturated carbocycles. The number of carbonyl (C=O) groups is 2. The van der Waals surface area contributed by atoms with Crippen molar-refractivity contribution < 1.29 is 9.59 Å². The van der Waals surface area contributed by atoms with E-state index in [0.29, 0.717) is 35.0 Å². The van der Waals surface area contributed by atoms with Gasteiger partial charge in [0.15, 0.2) is 0 Å². The Morgan fingerprint density at radius 2 is 1.43 bits per heavy atom. The maximum atomic E-state index is 12.3. The summed E-state index contributed by atoms with van der Waals surface area (Å²) in [6.45, 7) is 4.28. The fourth-order valence-electron chi connectivity index (χ4n) is 2.89. The molecule has 0 aromatic carbocycles. The summed E-state index contributed by atoms with van der Waals surface area (Å²) in [6, 6.07) is 0.595. The molecule has 0 radical (unpaired) electrons. The van der Waals surface area contributed by atoms with Gasteiger partial charge in [-0.15, -0.1) is 0 Å². The highest BCUT2D eigenvalue weighted by Crippen LogP contribution is 2.34. The number of nitrogens with one attached hydrogen (secondary N) is 2. The van der Waals surface area contributed by atoms with Crippen LogP contribution >= 0.6 is 11.3 Å². The van der Waals surface area contributed by atoms with E-state index >= 15 is 0 Å². The molecule has 2 aliphatic carbocycles. The highest BCUT2D eigenvalue weighted by atomic mass is 32.1. The van der Waals surface area contributed by atoms with Crippen molar-refractivity contribution in [1.29, 1.82) is 0 Å². The van der Waals surface area contributed by atoms with Gasteiger partial charge >= 0.3 is 0 Å². The van der Waals surface area contributed by atoms with Gasteiger partial charge in [-0.2, -0.15) is 11.3 Å². The van der Waals surface area contributed by atoms with Gasteiger partial charge in [0, 0.05) is 22.8 Å². The van der Waals surface area contributed by atoms with Gasteiger partial charge in [0.05, 0.1) is 11.1 Å². The van der Waals surface area contributed by atoms with Crippen molar-refractivity contribution in [3.05, 3.63) is 21.9 Å². The molecule has 21 heavy (non-hydrogen) atoms. The van der Waals surface area contributed by atoms with Gasteiger partial charge in [-0.25, -0.2) is 0 Å². The maximum absolute atomic E-state index is 12.3. The number of carbonyl (C=O) groups excluding carboxylic acids is 2. The molecule has 0 bridgehead atoms. The summed E-state index contributed by atoms with van der Waals surface area (Å²) < 4.78 is 0. The van der Waals surface area contributed by atoms with Gasteiger partial charge in [0.1, 0.15) is 0 Å². The van der Waals surface area contributed by atoms with Crippen LogP contribution in [0.2, 0.25) is 0 Å². The molecule has 4 nitrogen and oxygen atoms in total. The molecule has 3 rings (SSSR count). The van der Waals surface area contributed by atoms with Crippen molar-refractivity contribution in [3.8, 4) is 0 Å². The molecule has 5 heteroatoms. The van der Waals surface area contributed by atoms with Crippen molar-refractivity contribution in [1.82, 2.24) is 10.6 Å². The van der Waals surface area contributed by atoms with Crippen molar-refractivity contribution in [2.45, 2.75) is 51.6 Å². The normalized spacial score (nSPS) is 29.8. The molecule has 114 valence electrons. The summed E-state index contributed by atoms with van der Waals surface area (Å²) in [5.41, 5.74) is 1.04. The second kappa shape index (κ2) is 5.79. The standard InChI is InChI=1S/C16H22N2O2S/c1-3-9-5-13(9)17-15(19)11-7-21-8-12(11)16(20)18-14-6-10(14)4-2/h7-10,13-14H,3-6H2,1-2H3,(H,17,19)(H,18,20)/t9-,10-,13-,14-/m1/s1. The molecule has 1 aromatic heterocycles. The molecule has 0 aliphatic heterocycles. The van der Waals surface area contributed by atoms with Crippen LogP contribution in [0.15, 0.2) is 10.8 Å². The van der Waals surface area contributed by atoms with E-state index in [4.69, 9.17) is 0 Å². The molecule has 1 aromatic rings. The molecule has 2 aliphatic rings. The number of amides is 2. The van der Waals surface area contributed by atoms with E-state index in [1.54, 1.807) is 10.8 Å². The quantitative estimate of drug-likeness (QED) is 0.849. The third-order valence-corrected chi connectivity index (χ3v) is 5.42. The Balaban J connectivity index is 1.60. The summed E-state index contributed by atoms with van der Waals surface area (Å²) in [7, 11) is 0. The molecular weight excluding hydrogens is 284 g/mol. The lowest BCUT2D eigenvalue weighted by atomic mass is 10.1. The minimum Gasteiger partial charge on any atom is -0.349 e. The fraction of sp³-hybridized carbons (Fsp3) is 0.625. The van der Waals surface area contributed by atoms with Crippen molar-refractivity contribution >= 4 is 23.2 Å². The summed E-state index contributed by atoms with van der Waals surface area (Å²) in [6.07, 6.45) is 4.33. The first-order valence-corrected chi connectivity index (χ1v) is 8.76.